The lowest BCUT2D eigenvalue weighted by Crippen LogP contribution is -2.31. The van der Waals surface area contributed by atoms with E-state index in [1.54, 1.807) is 12.1 Å². The fourth-order valence-corrected chi connectivity index (χ4v) is 1.75. The molecule has 3 N–H and O–H groups in total. The third-order valence-electron chi connectivity index (χ3n) is 3.02. The van der Waals surface area contributed by atoms with Crippen molar-refractivity contribution >= 4 is 5.91 Å². The molecule has 1 unspecified atom stereocenters. The van der Waals surface area contributed by atoms with Crippen molar-refractivity contribution in [2.75, 3.05) is 6.54 Å². The highest BCUT2D eigenvalue weighted by Crippen LogP contribution is 2.14. The van der Waals surface area contributed by atoms with Crippen molar-refractivity contribution in [2.24, 2.45) is 11.7 Å². The van der Waals surface area contributed by atoms with Crippen molar-refractivity contribution in [1.82, 2.24) is 5.32 Å². The standard InChI is InChI=1S/C14H21FN2O/c1-10(4-3-9-16)14(18)17-11(2)12-5-7-13(15)8-6-12/h5-8,10-11H,3-4,9,16H2,1-2H3,(H,17,18)/t10?,11-/m0/s1. The van der Waals surface area contributed by atoms with Gasteiger partial charge in [-0.25, -0.2) is 4.39 Å². The van der Waals surface area contributed by atoms with Gasteiger partial charge >= 0.3 is 0 Å². The fraction of sp³-hybridized carbons (Fsp3) is 0.500. The molecule has 0 heterocycles. The van der Waals surface area contributed by atoms with E-state index in [-0.39, 0.29) is 23.7 Å². The maximum Gasteiger partial charge on any atom is 0.223 e. The smallest absolute Gasteiger partial charge is 0.223 e. The van der Waals surface area contributed by atoms with E-state index >= 15 is 0 Å². The van der Waals surface area contributed by atoms with E-state index in [2.05, 4.69) is 5.32 Å². The van der Waals surface area contributed by atoms with Gasteiger partial charge in [0.2, 0.25) is 5.91 Å². The van der Waals surface area contributed by atoms with Crippen LogP contribution in [0.25, 0.3) is 0 Å². The molecular weight excluding hydrogens is 231 g/mol. The second-order valence-corrected chi connectivity index (χ2v) is 4.61. The van der Waals surface area contributed by atoms with Crippen LogP contribution in [0.4, 0.5) is 4.39 Å². The van der Waals surface area contributed by atoms with Gasteiger partial charge < -0.3 is 11.1 Å². The Balaban J connectivity index is 2.51. The lowest BCUT2D eigenvalue weighted by molar-refractivity contribution is -0.125. The van der Waals surface area contributed by atoms with E-state index in [4.69, 9.17) is 5.73 Å². The van der Waals surface area contributed by atoms with Crippen LogP contribution in [-0.4, -0.2) is 12.5 Å². The fourth-order valence-electron chi connectivity index (χ4n) is 1.75. The summed E-state index contributed by atoms with van der Waals surface area (Å²) >= 11 is 0. The Hall–Kier alpha value is -1.42. The Morgan fingerprint density at radius 1 is 1.33 bits per heavy atom. The maximum atomic E-state index is 12.8. The molecule has 0 fully saturated rings. The van der Waals surface area contributed by atoms with Gasteiger partial charge in [0.05, 0.1) is 6.04 Å². The average molecular weight is 252 g/mol. The average Bonchev–Trinajstić information content (AvgIpc) is 2.36. The van der Waals surface area contributed by atoms with Crippen LogP contribution in [0.5, 0.6) is 0 Å². The zero-order chi connectivity index (χ0) is 13.5. The zero-order valence-corrected chi connectivity index (χ0v) is 10.9. The molecule has 0 aliphatic heterocycles. The summed E-state index contributed by atoms with van der Waals surface area (Å²) in [5.41, 5.74) is 6.32. The van der Waals surface area contributed by atoms with Crippen LogP contribution in [0, 0.1) is 11.7 Å². The van der Waals surface area contributed by atoms with Crippen LogP contribution in [0.3, 0.4) is 0 Å². The van der Waals surface area contributed by atoms with Crippen LogP contribution in [0.1, 0.15) is 38.3 Å². The van der Waals surface area contributed by atoms with Crippen LogP contribution in [-0.2, 0) is 4.79 Å². The Labute approximate surface area is 108 Å². The maximum absolute atomic E-state index is 12.8. The summed E-state index contributed by atoms with van der Waals surface area (Å²) in [7, 11) is 0. The summed E-state index contributed by atoms with van der Waals surface area (Å²) in [6.45, 7) is 4.38. The molecule has 0 aliphatic carbocycles. The topological polar surface area (TPSA) is 55.1 Å². The first-order chi connectivity index (χ1) is 8.54. The highest BCUT2D eigenvalue weighted by Gasteiger charge is 2.15. The summed E-state index contributed by atoms with van der Waals surface area (Å²) in [6.07, 6.45) is 1.64. The Bertz CT molecular complexity index is 378. The van der Waals surface area contributed by atoms with Gasteiger partial charge in [0.1, 0.15) is 5.82 Å². The van der Waals surface area contributed by atoms with E-state index in [9.17, 15) is 9.18 Å². The highest BCUT2D eigenvalue weighted by molar-refractivity contribution is 5.78. The summed E-state index contributed by atoms with van der Waals surface area (Å²) in [6, 6.07) is 6.06. The van der Waals surface area contributed by atoms with Gasteiger partial charge in [0, 0.05) is 5.92 Å². The molecule has 0 bridgehead atoms. The lowest BCUT2D eigenvalue weighted by atomic mass is 10.0. The van der Waals surface area contributed by atoms with Crippen molar-refractivity contribution in [1.29, 1.82) is 0 Å². The Morgan fingerprint density at radius 3 is 2.50 bits per heavy atom. The lowest BCUT2D eigenvalue weighted by Gasteiger charge is -2.17. The van der Waals surface area contributed by atoms with E-state index < -0.39 is 0 Å². The quantitative estimate of drug-likeness (QED) is 0.816. The Kier molecular flexibility index (Phi) is 5.78. The van der Waals surface area contributed by atoms with Gasteiger partial charge in [-0.2, -0.15) is 0 Å². The predicted molar refractivity (Wildman–Crippen MR) is 70.4 cm³/mol. The number of amides is 1. The molecule has 1 amide bonds. The van der Waals surface area contributed by atoms with Crippen molar-refractivity contribution in [3.8, 4) is 0 Å². The number of carbonyl (C=O) groups is 1. The van der Waals surface area contributed by atoms with Crippen LogP contribution < -0.4 is 11.1 Å². The number of nitrogens with one attached hydrogen (secondary N) is 1. The van der Waals surface area contributed by atoms with Gasteiger partial charge in [0.25, 0.3) is 0 Å². The molecule has 1 rings (SSSR count). The van der Waals surface area contributed by atoms with E-state index in [1.165, 1.54) is 12.1 Å². The van der Waals surface area contributed by atoms with Crippen molar-refractivity contribution in [3.05, 3.63) is 35.6 Å². The molecule has 0 aromatic heterocycles. The monoisotopic (exact) mass is 252 g/mol. The molecule has 2 atom stereocenters. The first-order valence-electron chi connectivity index (χ1n) is 6.30. The van der Waals surface area contributed by atoms with Gasteiger partial charge in [-0.1, -0.05) is 19.1 Å². The predicted octanol–water partition coefficient (Wildman–Crippen LogP) is 2.38. The van der Waals surface area contributed by atoms with Gasteiger partial charge in [0.15, 0.2) is 0 Å². The molecular formula is C14H21FN2O. The number of hydrogen-bond donors (Lipinski definition) is 2. The minimum atomic E-state index is -0.270. The van der Waals surface area contributed by atoms with Crippen LogP contribution >= 0.6 is 0 Å². The summed E-state index contributed by atoms with van der Waals surface area (Å²) in [4.78, 5) is 11.9. The molecule has 100 valence electrons. The van der Waals surface area contributed by atoms with E-state index in [0.29, 0.717) is 6.54 Å². The zero-order valence-electron chi connectivity index (χ0n) is 10.9. The van der Waals surface area contributed by atoms with Crippen LogP contribution in [0.2, 0.25) is 0 Å². The molecule has 3 nitrogen and oxygen atoms in total. The number of hydrogen-bond acceptors (Lipinski definition) is 2. The highest BCUT2D eigenvalue weighted by atomic mass is 19.1. The van der Waals surface area contributed by atoms with E-state index in [0.717, 1.165) is 18.4 Å². The number of benzene rings is 1. The molecule has 0 radical (unpaired) electrons. The molecule has 0 aliphatic rings. The van der Waals surface area contributed by atoms with E-state index in [1.807, 2.05) is 13.8 Å². The molecule has 1 aromatic carbocycles. The molecule has 1 aromatic rings. The third kappa shape index (κ3) is 4.45. The normalized spacial score (nSPS) is 14.0. The minimum Gasteiger partial charge on any atom is -0.349 e. The summed E-state index contributed by atoms with van der Waals surface area (Å²) in [5.74, 6) is -0.301. The third-order valence-corrected chi connectivity index (χ3v) is 3.02. The van der Waals surface area contributed by atoms with Crippen molar-refractivity contribution < 1.29 is 9.18 Å². The molecule has 18 heavy (non-hydrogen) atoms. The number of rotatable bonds is 6. The second-order valence-electron chi connectivity index (χ2n) is 4.61. The minimum absolute atomic E-state index is 0.0141. The summed E-state index contributed by atoms with van der Waals surface area (Å²) < 4.78 is 12.8. The molecule has 4 heteroatoms. The molecule has 0 saturated carbocycles. The molecule has 0 spiro atoms. The Morgan fingerprint density at radius 2 is 1.94 bits per heavy atom. The number of nitrogens with two attached hydrogens (primary N) is 1. The van der Waals surface area contributed by atoms with Gasteiger partial charge in [-0.15, -0.1) is 0 Å². The first-order valence-corrected chi connectivity index (χ1v) is 6.30. The number of halogens is 1. The summed E-state index contributed by atoms with van der Waals surface area (Å²) in [5, 5.41) is 2.92. The second kappa shape index (κ2) is 7.11. The van der Waals surface area contributed by atoms with Crippen LogP contribution in [0.15, 0.2) is 24.3 Å². The number of carbonyl (C=O) groups excluding carboxylic acids is 1. The SMILES string of the molecule is CC(CCCN)C(=O)N[C@@H](C)c1ccc(F)cc1. The molecule has 0 saturated heterocycles. The van der Waals surface area contributed by atoms with Crippen molar-refractivity contribution in [2.45, 2.75) is 32.7 Å². The first kappa shape index (κ1) is 14.6. The largest absolute Gasteiger partial charge is 0.349 e. The van der Waals surface area contributed by atoms with Gasteiger partial charge in [-0.05, 0) is 44.0 Å². The van der Waals surface area contributed by atoms with Crippen molar-refractivity contribution in [3.63, 3.8) is 0 Å². The van der Waals surface area contributed by atoms with Gasteiger partial charge in [-0.3, -0.25) is 4.79 Å².